The van der Waals surface area contributed by atoms with E-state index in [0.29, 0.717) is 5.88 Å². The van der Waals surface area contributed by atoms with Crippen molar-refractivity contribution < 1.29 is 9.84 Å². The maximum absolute atomic E-state index is 9.33. The number of nitrogens with zero attached hydrogens (tertiary/aromatic N) is 2. The highest BCUT2D eigenvalue weighted by atomic mass is 32.1. The van der Waals surface area contributed by atoms with Gasteiger partial charge in [0.15, 0.2) is 0 Å². The molecule has 0 aliphatic heterocycles. The Balaban J connectivity index is 2.15. The monoisotopic (exact) mass is 302 g/mol. The number of pyridine rings is 1. The summed E-state index contributed by atoms with van der Waals surface area (Å²) in [5.41, 5.74) is 3.13. The molecule has 0 aromatic carbocycles. The molecule has 0 aliphatic rings. The van der Waals surface area contributed by atoms with E-state index in [9.17, 15) is 5.11 Å². The Kier molecular flexibility index (Phi) is 3.69. The van der Waals surface area contributed by atoms with E-state index in [1.165, 1.54) is 5.56 Å². The largest absolute Gasteiger partial charge is 0.481 e. The van der Waals surface area contributed by atoms with Crippen molar-refractivity contribution in [3.63, 3.8) is 0 Å². The lowest BCUT2D eigenvalue weighted by Gasteiger charge is -2.07. The van der Waals surface area contributed by atoms with E-state index in [2.05, 4.69) is 24.0 Å². The number of aliphatic hydroxyl groups excluding tert-OH is 1. The molecule has 3 aromatic rings. The van der Waals surface area contributed by atoms with Crippen LogP contribution in [0.4, 0.5) is 0 Å². The van der Waals surface area contributed by atoms with Crippen molar-refractivity contribution in [2.45, 2.75) is 20.0 Å². The molecule has 0 fully saturated rings. The van der Waals surface area contributed by atoms with Gasteiger partial charge in [0.25, 0.3) is 0 Å². The van der Waals surface area contributed by atoms with Crippen molar-refractivity contribution in [1.82, 2.24) is 9.55 Å². The van der Waals surface area contributed by atoms with Gasteiger partial charge >= 0.3 is 0 Å². The number of aromatic nitrogens is 2. The van der Waals surface area contributed by atoms with Gasteiger partial charge in [0.1, 0.15) is 4.83 Å². The quantitative estimate of drug-likeness (QED) is 0.804. The van der Waals surface area contributed by atoms with Crippen molar-refractivity contribution in [2.24, 2.45) is 7.05 Å². The number of hydrogen-bond acceptors (Lipinski definition) is 4. The van der Waals surface area contributed by atoms with E-state index < -0.39 is 0 Å². The van der Waals surface area contributed by atoms with Gasteiger partial charge in [0, 0.05) is 24.2 Å². The molecule has 0 aliphatic carbocycles. The highest BCUT2D eigenvalue weighted by Gasteiger charge is 2.14. The van der Waals surface area contributed by atoms with Crippen LogP contribution < -0.4 is 4.74 Å². The van der Waals surface area contributed by atoms with Gasteiger partial charge in [-0.25, -0.2) is 4.98 Å². The van der Waals surface area contributed by atoms with Gasteiger partial charge in [-0.3, -0.25) is 0 Å². The number of thiophene rings is 1. The first-order valence-corrected chi connectivity index (χ1v) is 7.72. The van der Waals surface area contributed by atoms with E-state index in [-0.39, 0.29) is 6.61 Å². The fourth-order valence-electron chi connectivity index (χ4n) is 2.52. The van der Waals surface area contributed by atoms with Crippen LogP contribution in [0.2, 0.25) is 0 Å². The lowest BCUT2D eigenvalue weighted by molar-refractivity contribution is 0.273. The molecule has 0 amide bonds. The minimum Gasteiger partial charge on any atom is -0.481 e. The molecule has 0 saturated carbocycles. The first-order valence-electron chi connectivity index (χ1n) is 6.91. The summed E-state index contributed by atoms with van der Waals surface area (Å²) in [5, 5.41) is 10.5. The van der Waals surface area contributed by atoms with Crippen LogP contribution in [-0.2, 0) is 20.1 Å². The Bertz CT molecular complexity index is 789. The Morgan fingerprint density at radius 3 is 2.76 bits per heavy atom. The number of methoxy groups -OCH3 is 1. The topological polar surface area (TPSA) is 47.3 Å². The molecule has 0 unspecified atom stereocenters. The number of fused-ring (bicyclic) bond motifs is 1. The molecule has 21 heavy (non-hydrogen) atoms. The smallest absolute Gasteiger partial charge is 0.213 e. The van der Waals surface area contributed by atoms with Gasteiger partial charge in [-0.2, -0.15) is 0 Å². The van der Waals surface area contributed by atoms with Gasteiger partial charge in [-0.15, -0.1) is 11.3 Å². The van der Waals surface area contributed by atoms with Crippen LogP contribution in [0.3, 0.4) is 0 Å². The minimum atomic E-state index is 0.0604. The summed E-state index contributed by atoms with van der Waals surface area (Å²) in [7, 11) is 3.62. The van der Waals surface area contributed by atoms with Crippen LogP contribution >= 0.6 is 11.3 Å². The Labute approximate surface area is 127 Å². The normalized spacial score (nSPS) is 11.2. The number of hydrogen-bond donors (Lipinski definition) is 1. The second-order valence-electron chi connectivity index (χ2n) is 4.94. The average molecular weight is 302 g/mol. The lowest BCUT2D eigenvalue weighted by atomic mass is 10.1. The summed E-state index contributed by atoms with van der Waals surface area (Å²) in [6.07, 6.45) is 0.933. The van der Waals surface area contributed by atoms with Crippen LogP contribution in [0, 0.1) is 0 Å². The van der Waals surface area contributed by atoms with Gasteiger partial charge in [0.2, 0.25) is 5.88 Å². The summed E-state index contributed by atoms with van der Waals surface area (Å²) in [6, 6.07) is 8.14. The van der Waals surface area contributed by atoms with Crippen molar-refractivity contribution in [3.8, 4) is 16.5 Å². The van der Waals surface area contributed by atoms with Crippen LogP contribution in [-0.4, -0.2) is 21.8 Å². The summed E-state index contributed by atoms with van der Waals surface area (Å²) in [6.45, 7) is 2.19. The Morgan fingerprint density at radius 1 is 1.33 bits per heavy atom. The van der Waals surface area contributed by atoms with Crippen LogP contribution in [0.5, 0.6) is 5.88 Å². The molecule has 0 spiro atoms. The molecule has 0 bridgehead atoms. The van der Waals surface area contributed by atoms with Crippen LogP contribution in [0.15, 0.2) is 24.3 Å². The first kappa shape index (κ1) is 14.1. The van der Waals surface area contributed by atoms with E-state index in [1.807, 2.05) is 23.7 Å². The van der Waals surface area contributed by atoms with Crippen molar-refractivity contribution in [3.05, 3.63) is 35.5 Å². The summed E-state index contributed by atoms with van der Waals surface area (Å²) < 4.78 is 7.28. The Hall–Kier alpha value is -1.85. The average Bonchev–Trinajstić information content (AvgIpc) is 3.06. The predicted molar refractivity (Wildman–Crippen MR) is 85.9 cm³/mol. The molecule has 0 saturated heterocycles. The van der Waals surface area contributed by atoms with Crippen molar-refractivity contribution in [2.75, 3.05) is 7.11 Å². The Morgan fingerprint density at radius 2 is 2.14 bits per heavy atom. The highest BCUT2D eigenvalue weighted by Crippen LogP contribution is 2.36. The number of aliphatic hydroxyl groups is 1. The van der Waals surface area contributed by atoms with E-state index in [0.717, 1.165) is 32.9 Å². The molecule has 3 aromatic heterocycles. The number of aryl methyl sites for hydroxylation is 2. The molecule has 3 rings (SSSR count). The maximum atomic E-state index is 9.33. The van der Waals surface area contributed by atoms with Crippen LogP contribution in [0.25, 0.3) is 20.8 Å². The molecular formula is C16H18N2O2S. The summed E-state index contributed by atoms with van der Waals surface area (Å²) in [4.78, 5) is 6.90. The molecule has 0 atom stereocenters. The van der Waals surface area contributed by atoms with Gasteiger partial charge < -0.3 is 14.4 Å². The fourth-order valence-corrected chi connectivity index (χ4v) is 3.68. The zero-order chi connectivity index (χ0) is 15.0. The molecule has 0 radical (unpaired) electrons. The van der Waals surface area contributed by atoms with Crippen molar-refractivity contribution >= 4 is 21.6 Å². The highest BCUT2D eigenvalue weighted by molar-refractivity contribution is 7.21. The summed E-state index contributed by atoms with van der Waals surface area (Å²) in [5.74, 6) is 0.635. The molecule has 5 heteroatoms. The van der Waals surface area contributed by atoms with E-state index in [4.69, 9.17) is 4.74 Å². The zero-order valence-corrected chi connectivity index (χ0v) is 13.2. The SMILES string of the molecule is CCc1ccc(OC)nc1-c1cc2cc(CO)n(C)c2s1. The summed E-state index contributed by atoms with van der Waals surface area (Å²) >= 11 is 1.70. The van der Waals surface area contributed by atoms with E-state index in [1.54, 1.807) is 18.4 Å². The van der Waals surface area contributed by atoms with Gasteiger partial charge in [-0.05, 0) is 24.1 Å². The number of ether oxygens (including phenoxy) is 1. The first-order chi connectivity index (χ1) is 10.2. The molecule has 110 valence electrons. The molecule has 3 heterocycles. The fraction of sp³-hybridized carbons (Fsp3) is 0.312. The third-order valence-electron chi connectivity index (χ3n) is 3.74. The minimum absolute atomic E-state index is 0.0604. The lowest BCUT2D eigenvalue weighted by Crippen LogP contribution is -1.95. The predicted octanol–water partition coefficient (Wildman–Crippen LogP) is 3.37. The van der Waals surface area contributed by atoms with Crippen molar-refractivity contribution in [1.29, 1.82) is 0 Å². The molecule has 4 nitrogen and oxygen atoms in total. The second kappa shape index (κ2) is 5.50. The zero-order valence-electron chi connectivity index (χ0n) is 12.4. The number of rotatable bonds is 4. The van der Waals surface area contributed by atoms with Crippen LogP contribution in [0.1, 0.15) is 18.2 Å². The standard InChI is InChI=1S/C16H18N2O2S/c1-4-10-5-6-14(20-3)17-15(10)13-8-11-7-12(9-19)18(2)16(11)21-13/h5-8,19H,4,9H2,1-3H3. The molecule has 1 N–H and O–H groups in total. The molecular weight excluding hydrogens is 284 g/mol. The van der Waals surface area contributed by atoms with Gasteiger partial charge in [0.05, 0.1) is 24.3 Å². The van der Waals surface area contributed by atoms with Gasteiger partial charge in [-0.1, -0.05) is 13.0 Å². The third kappa shape index (κ3) is 2.32. The maximum Gasteiger partial charge on any atom is 0.213 e. The van der Waals surface area contributed by atoms with E-state index >= 15 is 0 Å². The third-order valence-corrected chi connectivity index (χ3v) is 4.97. The second-order valence-corrected chi connectivity index (χ2v) is 5.97.